The summed E-state index contributed by atoms with van der Waals surface area (Å²) < 4.78 is 15.2. The number of nitrogens with one attached hydrogen (secondary N) is 1. The fraction of sp³-hybridized carbons (Fsp3) is 0.125. The number of hydrogen-bond donors (Lipinski definition) is 1. The lowest BCUT2D eigenvalue weighted by Crippen LogP contribution is -2.19. The molecule has 0 aliphatic carbocycles. The molecule has 4 aromatic rings. The fourth-order valence-corrected chi connectivity index (χ4v) is 4.26. The maximum atomic E-state index is 13.2. The Morgan fingerprint density at radius 3 is 2.29 bits per heavy atom. The molecule has 1 heterocycles. The molecular formula is C24H21FN4OS. The van der Waals surface area contributed by atoms with E-state index in [4.69, 9.17) is 0 Å². The molecule has 1 atom stereocenters. The summed E-state index contributed by atoms with van der Waals surface area (Å²) in [6.45, 7) is 3.91. The lowest BCUT2D eigenvalue weighted by Gasteiger charge is -2.17. The van der Waals surface area contributed by atoms with Crippen LogP contribution in [0.15, 0.2) is 84.0 Å². The number of carbonyl (C=O) groups excluding carboxylic acids is 1. The van der Waals surface area contributed by atoms with Crippen LogP contribution < -0.4 is 5.32 Å². The van der Waals surface area contributed by atoms with Crippen molar-refractivity contribution in [3.05, 3.63) is 102 Å². The Hall–Kier alpha value is -3.45. The highest BCUT2D eigenvalue weighted by Gasteiger charge is 2.26. The summed E-state index contributed by atoms with van der Waals surface area (Å²) in [5, 5.41) is 11.5. The minimum Gasteiger partial charge on any atom is -0.325 e. The van der Waals surface area contributed by atoms with Crippen molar-refractivity contribution in [2.24, 2.45) is 0 Å². The van der Waals surface area contributed by atoms with Gasteiger partial charge in [0.05, 0.1) is 0 Å². The molecule has 0 aliphatic rings. The van der Waals surface area contributed by atoms with E-state index >= 15 is 0 Å². The van der Waals surface area contributed by atoms with E-state index < -0.39 is 5.25 Å². The SMILES string of the molecule is Cc1ccc(-n2c(C)nnc2SC(C(=O)Nc2ccc(F)cc2)c2ccccc2)cc1. The van der Waals surface area contributed by atoms with Crippen LogP contribution in [0.2, 0.25) is 0 Å². The van der Waals surface area contributed by atoms with E-state index in [1.165, 1.54) is 23.9 Å². The minimum atomic E-state index is -0.570. The minimum absolute atomic E-state index is 0.223. The first kappa shape index (κ1) is 20.8. The van der Waals surface area contributed by atoms with Gasteiger partial charge in [-0.15, -0.1) is 10.2 Å². The van der Waals surface area contributed by atoms with Gasteiger partial charge in [0.1, 0.15) is 16.9 Å². The van der Waals surface area contributed by atoms with E-state index in [2.05, 4.69) is 15.5 Å². The zero-order valence-corrected chi connectivity index (χ0v) is 17.9. The molecule has 1 aromatic heterocycles. The number of nitrogens with zero attached hydrogens (tertiary/aromatic N) is 3. The van der Waals surface area contributed by atoms with Gasteiger partial charge in [0, 0.05) is 11.4 Å². The summed E-state index contributed by atoms with van der Waals surface area (Å²) in [7, 11) is 0. The van der Waals surface area contributed by atoms with Crippen LogP contribution in [0.25, 0.3) is 5.69 Å². The third-order valence-electron chi connectivity index (χ3n) is 4.76. The Kier molecular flexibility index (Phi) is 6.13. The largest absolute Gasteiger partial charge is 0.325 e. The number of anilines is 1. The summed E-state index contributed by atoms with van der Waals surface area (Å²) in [5.74, 6) is 0.157. The van der Waals surface area contributed by atoms with Gasteiger partial charge >= 0.3 is 0 Å². The Morgan fingerprint density at radius 2 is 1.61 bits per heavy atom. The van der Waals surface area contributed by atoms with Crippen molar-refractivity contribution >= 4 is 23.4 Å². The highest BCUT2D eigenvalue weighted by molar-refractivity contribution is 8.00. The molecule has 0 fully saturated rings. The standard InChI is InChI=1S/C24H21FN4OS/c1-16-8-14-21(15-9-16)29-17(2)27-28-24(29)31-22(18-6-4-3-5-7-18)23(30)26-20-12-10-19(25)11-13-20/h3-15,22H,1-2H3,(H,26,30). The van der Waals surface area contributed by atoms with E-state index in [0.717, 1.165) is 22.6 Å². The number of thioether (sulfide) groups is 1. The first-order valence-corrected chi connectivity index (χ1v) is 10.7. The van der Waals surface area contributed by atoms with Crippen LogP contribution in [0.4, 0.5) is 10.1 Å². The number of benzene rings is 3. The summed E-state index contributed by atoms with van der Waals surface area (Å²) in [6, 6.07) is 23.3. The van der Waals surface area contributed by atoms with Crippen molar-refractivity contribution < 1.29 is 9.18 Å². The fourth-order valence-electron chi connectivity index (χ4n) is 3.16. The van der Waals surface area contributed by atoms with Gasteiger partial charge < -0.3 is 5.32 Å². The Morgan fingerprint density at radius 1 is 0.935 bits per heavy atom. The highest BCUT2D eigenvalue weighted by Crippen LogP contribution is 2.36. The number of halogens is 1. The van der Waals surface area contributed by atoms with Crippen LogP contribution in [0.1, 0.15) is 22.2 Å². The lowest BCUT2D eigenvalue weighted by atomic mass is 10.1. The van der Waals surface area contributed by atoms with E-state index in [-0.39, 0.29) is 11.7 Å². The predicted molar refractivity (Wildman–Crippen MR) is 121 cm³/mol. The molecule has 3 aromatic carbocycles. The lowest BCUT2D eigenvalue weighted by molar-refractivity contribution is -0.115. The molecule has 1 amide bonds. The third-order valence-corrected chi connectivity index (χ3v) is 5.96. The molecule has 1 unspecified atom stereocenters. The quantitative estimate of drug-likeness (QED) is 0.409. The monoisotopic (exact) mass is 432 g/mol. The number of aromatic nitrogens is 3. The summed E-state index contributed by atoms with van der Waals surface area (Å²) in [5.41, 5.74) is 3.46. The maximum Gasteiger partial charge on any atom is 0.242 e. The molecule has 31 heavy (non-hydrogen) atoms. The molecule has 5 nitrogen and oxygen atoms in total. The van der Waals surface area contributed by atoms with Crippen molar-refractivity contribution in [3.8, 4) is 5.69 Å². The van der Waals surface area contributed by atoms with Gasteiger partial charge in [0.2, 0.25) is 5.91 Å². The second-order valence-electron chi connectivity index (χ2n) is 7.11. The molecule has 156 valence electrons. The Balaban J connectivity index is 1.67. The van der Waals surface area contributed by atoms with E-state index in [1.54, 1.807) is 12.1 Å². The first-order chi connectivity index (χ1) is 15.0. The number of rotatable bonds is 6. The van der Waals surface area contributed by atoms with Crippen LogP contribution >= 0.6 is 11.8 Å². The van der Waals surface area contributed by atoms with Crippen LogP contribution in [-0.4, -0.2) is 20.7 Å². The van der Waals surface area contributed by atoms with Gasteiger partial charge in [0.15, 0.2) is 5.16 Å². The van der Waals surface area contributed by atoms with Gasteiger partial charge in [-0.3, -0.25) is 9.36 Å². The molecule has 1 N–H and O–H groups in total. The van der Waals surface area contributed by atoms with Crippen LogP contribution in [0.3, 0.4) is 0 Å². The highest BCUT2D eigenvalue weighted by atomic mass is 32.2. The normalized spacial score (nSPS) is 11.8. The second-order valence-corrected chi connectivity index (χ2v) is 8.18. The smallest absolute Gasteiger partial charge is 0.242 e. The molecule has 0 saturated heterocycles. The number of amides is 1. The van der Waals surface area contributed by atoms with E-state index in [9.17, 15) is 9.18 Å². The number of carbonyl (C=O) groups is 1. The molecule has 0 saturated carbocycles. The molecule has 0 radical (unpaired) electrons. The van der Waals surface area contributed by atoms with Crippen LogP contribution in [-0.2, 0) is 4.79 Å². The number of hydrogen-bond acceptors (Lipinski definition) is 4. The van der Waals surface area contributed by atoms with E-state index in [1.807, 2.05) is 73.0 Å². The molecule has 0 spiro atoms. The van der Waals surface area contributed by atoms with Crippen LogP contribution in [0.5, 0.6) is 0 Å². The van der Waals surface area contributed by atoms with Gasteiger partial charge in [-0.05, 0) is 55.8 Å². The second kappa shape index (κ2) is 9.14. The number of aryl methyl sites for hydroxylation is 2. The third kappa shape index (κ3) is 4.83. The van der Waals surface area contributed by atoms with Gasteiger partial charge in [-0.2, -0.15) is 0 Å². The van der Waals surface area contributed by atoms with Crippen molar-refractivity contribution in [1.29, 1.82) is 0 Å². The van der Waals surface area contributed by atoms with Crippen molar-refractivity contribution in [2.75, 3.05) is 5.32 Å². The molecule has 7 heteroatoms. The van der Waals surface area contributed by atoms with Gasteiger partial charge in [-0.1, -0.05) is 59.8 Å². The summed E-state index contributed by atoms with van der Waals surface area (Å²) >= 11 is 1.32. The van der Waals surface area contributed by atoms with Crippen molar-refractivity contribution in [2.45, 2.75) is 24.3 Å². The van der Waals surface area contributed by atoms with Crippen molar-refractivity contribution in [3.63, 3.8) is 0 Å². The van der Waals surface area contributed by atoms with Gasteiger partial charge in [-0.25, -0.2) is 4.39 Å². The zero-order chi connectivity index (χ0) is 21.8. The van der Waals surface area contributed by atoms with E-state index in [0.29, 0.717) is 10.8 Å². The average Bonchev–Trinajstić information content (AvgIpc) is 3.15. The Labute approximate surface area is 184 Å². The van der Waals surface area contributed by atoms with Crippen molar-refractivity contribution in [1.82, 2.24) is 14.8 Å². The first-order valence-electron chi connectivity index (χ1n) is 9.78. The van der Waals surface area contributed by atoms with Gasteiger partial charge in [0.25, 0.3) is 0 Å². The molecule has 0 aliphatic heterocycles. The summed E-state index contributed by atoms with van der Waals surface area (Å²) in [6.07, 6.45) is 0. The Bertz CT molecular complexity index is 1170. The topological polar surface area (TPSA) is 59.8 Å². The van der Waals surface area contributed by atoms with Crippen LogP contribution in [0, 0.1) is 19.7 Å². The average molecular weight is 433 g/mol. The maximum absolute atomic E-state index is 13.2. The molecule has 4 rings (SSSR count). The summed E-state index contributed by atoms with van der Waals surface area (Å²) in [4.78, 5) is 13.2. The molecule has 0 bridgehead atoms. The zero-order valence-electron chi connectivity index (χ0n) is 17.1. The predicted octanol–water partition coefficient (Wildman–Crippen LogP) is 5.50. The molecular weight excluding hydrogens is 411 g/mol.